The van der Waals surface area contributed by atoms with Gasteiger partial charge in [-0.25, -0.2) is 4.79 Å². The van der Waals surface area contributed by atoms with Crippen molar-refractivity contribution >= 4 is 28.7 Å². The van der Waals surface area contributed by atoms with E-state index in [0.29, 0.717) is 17.1 Å². The average molecular weight is 693 g/mol. The monoisotopic (exact) mass is 692 g/mol. The van der Waals surface area contributed by atoms with E-state index in [9.17, 15) is 4.79 Å². The fourth-order valence-corrected chi connectivity index (χ4v) is 7.74. The van der Waals surface area contributed by atoms with Gasteiger partial charge in [-0.3, -0.25) is 0 Å². The largest absolute Gasteiger partial charge is 0.456 e. The molecule has 5 nitrogen and oxygen atoms in total. The first kappa shape index (κ1) is 35.4. The first-order chi connectivity index (χ1) is 25.2. The van der Waals surface area contributed by atoms with E-state index in [1.54, 1.807) is 0 Å². The molecular formula is C47H52N2O3. The number of ether oxygens (including phenoxy) is 2. The predicted octanol–water partition coefficient (Wildman–Crippen LogP) is 12.9. The summed E-state index contributed by atoms with van der Waals surface area (Å²) in [5.41, 5.74) is 8.46. The van der Waals surface area contributed by atoms with Gasteiger partial charge in [0.25, 0.3) is 0 Å². The Hall–Kier alpha value is -5.03. The maximum atomic E-state index is 13.6. The van der Waals surface area contributed by atoms with E-state index in [4.69, 9.17) is 9.47 Å². The molecule has 5 aromatic rings. The number of esters is 1. The molecule has 0 saturated carbocycles. The van der Waals surface area contributed by atoms with Gasteiger partial charge >= 0.3 is 5.97 Å². The lowest BCUT2D eigenvalue weighted by Crippen LogP contribution is -2.33. The van der Waals surface area contributed by atoms with Crippen molar-refractivity contribution in [2.24, 2.45) is 0 Å². The number of para-hydroxylation sites is 1. The Kier molecular flexibility index (Phi) is 10.1. The predicted molar refractivity (Wildman–Crippen MR) is 214 cm³/mol. The van der Waals surface area contributed by atoms with Gasteiger partial charge in [0.1, 0.15) is 11.5 Å². The average Bonchev–Trinajstić information content (AvgIpc) is 3.44. The van der Waals surface area contributed by atoms with Crippen molar-refractivity contribution in [3.63, 3.8) is 0 Å². The number of carbonyl (C=O) groups is 1. The van der Waals surface area contributed by atoms with Crippen LogP contribution in [0.2, 0.25) is 0 Å². The van der Waals surface area contributed by atoms with Crippen molar-refractivity contribution in [3.8, 4) is 11.5 Å². The summed E-state index contributed by atoms with van der Waals surface area (Å²) in [5.74, 6) is 1.06. The molecule has 1 unspecified atom stereocenters. The minimum atomic E-state index is -1.15. The third-order valence-corrected chi connectivity index (χ3v) is 10.7. The van der Waals surface area contributed by atoms with Crippen molar-refractivity contribution < 1.29 is 14.3 Å². The van der Waals surface area contributed by atoms with Crippen LogP contribution < -0.4 is 15.0 Å². The number of unbranched alkanes of at least 4 members (excludes halogenated alkanes) is 7. The van der Waals surface area contributed by atoms with Crippen LogP contribution in [0.5, 0.6) is 11.5 Å². The molecule has 0 bridgehead atoms. The Balaban J connectivity index is 1.27. The molecule has 0 amide bonds. The van der Waals surface area contributed by atoms with Crippen LogP contribution in [0.1, 0.15) is 117 Å². The minimum Gasteiger partial charge on any atom is -0.456 e. The van der Waals surface area contributed by atoms with Gasteiger partial charge in [-0.05, 0) is 84.5 Å². The third kappa shape index (κ3) is 6.93. The molecule has 2 heterocycles. The van der Waals surface area contributed by atoms with Gasteiger partial charge in [0, 0.05) is 52.1 Å². The van der Waals surface area contributed by atoms with Crippen LogP contribution in [0.15, 0.2) is 109 Å². The first-order valence-electron chi connectivity index (χ1n) is 19.2. The SMILES string of the molecule is CCCCCCCCCCN(c1ccc(C(C)(C)C)cc1)c1ccc2c(c1)Oc1cc(C)c(Nc3ccccc3)cc1C21OC(=O)c2ccccc21. The van der Waals surface area contributed by atoms with Crippen molar-refractivity contribution in [3.05, 3.63) is 143 Å². The highest BCUT2D eigenvalue weighted by Gasteiger charge is 2.53. The molecule has 5 aromatic carbocycles. The Morgan fingerprint density at radius 1 is 0.673 bits per heavy atom. The van der Waals surface area contributed by atoms with Crippen LogP contribution >= 0.6 is 0 Å². The number of benzene rings is 5. The Morgan fingerprint density at radius 2 is 1.33 bits per heavy atom. The summed E-state index contributed by atoms with van der Waals surface area (Å²) in [6.07, 6.45) is 10.1. The number of hydrogen-bond acceptors (Lipinski definition) is 5. The molecule has 2 aliphatic rings. The second-order valence-corrected chi connectivity index (χ2v) is 15.5. The fraction of sp³-hybridized carbons (Fsp3) is 0.340. The zero-order valence-corrected chi connectivity index (χ0v) is 31.4. The summed E-state index contributed by atoms with van der Waals surface area (Å²) in [6, 6.07) is 37.5. The number of rotatable bonds is 13. The van der Waals surface area contributed by atoms with Crippen LogP contribution in [0.25, 0.3) is 0 Å². The van der Waals surface area contributed by atoms with Crippen LogP contribution in [-0.2, 0) is 15.8 Å². The van der Waals surface area contributed by atoms with Gasteiger partial charge in [-0.1, -0.05) is 121 Å². The van der Waals surface area contributed by atoms with Gasteiger partial charge in [0.05, 0.1) is 5.56 Å². The molecule has 0 aliphatic carbocycles. The smallest absolute Gasteiger partial charge is 0.340 e. The molecule has 0 aromatic heterocycles. The van der Waals surface area contributed by atoms with Crippen molar-refractivity contribution in [1.29, 1.82) is 0 Å². The molecule has 268 valence electrons. The number of nitrogens with one attached hydrogen (secondary N) is 1. The summed E-state index contributed by atoms with van der Waals surface area (Å²) < 4.78 is 13.4. The van der Waals surface area contributed by atoms with Gasteiger partial charge in [-0.15, -0.1) is 0 Å². The van der Waals surface area contributed by atoms with E-state index in [2.05, 4.69) is 99.4 Å². The maximum absolute atomic E-state index is 13.6. The van der Waals surface area contributed by atoms with E-state index < -0.39 is 5.60 Å². The van der Waals surface area contributed by atoms with Gasteiger partial charge in [0.2, 0.25) is 0 Å². The fourth-order valence-electron chi connectivity index (χ4n) is 7.74. The van der Waals surface area contributed by atoms with Crippen molar-refractivity contribution in [1.82, 2.24) is 0 Å². The summed E-state index contributed by atoms with van der Waals surface area (Å²) >= 11 is 0. The van der Waals surface area contributed by atoms with E-state index in [1.807, 2.05) is 54.6 Å². The molecule has 1 atom stereocenters. The van der Waals surface area contributed by atoms with Crippen LogP contribution in [0.3, 0.4) is 0 Å². The zero-order chi connectivity index (χ0) is 36.3. The van der Waals surface area contributed by atoms with E-state index in [1.165, 1.54) is 50.5 Å². The summed E-state index contributed by atoms with van der Waals surface area (Å²) in [7, 11) is 0. The molecule has 1 N–H and O–H groups in total. The van der Waals surface area contributed by atoms with Gasteiger partial charge in [-0.2, -0.15) is 0 Å². The lowest BCUT2D eigenvalue weighted by molar-refractivity contribution is 0.0224. The molecule has 52 heavy (non-hydrogen) atoms. The molecule has 7 rings (SSSR count). The second-order valence-electron chi connectivity index (χ2n) is 15.5. The quantitative estimate of drug-likeness (QED) is 0.0983. The molecule has 0 radical (unpaired) electrons. The topological polar surface area (TPSA) is 50.8 Å². The minimum absolute atomic E-state index is 0.0755. The molecule has 2 aliphatic heterocycles. The molecule has 5 heteroatoms. The Morgan fingerprint density at radius 3 is 2.06 bits per heavy atom. The van der Waals surface area contributed by atoms with E-state index in [0.717, 1.165) is 58.0 Å². The summed E-state index contributed by atoms with van der Waals surface area (Å²) in [5, 5.41) is 3.58. The lowest BCUT2D eigenvalue weighted by Gasteiger charge is -2.38. The van der Waals surface area contributed by atoms with Crippen molar-refractivity contribution in [2.45, 2.75) is 97.0 Å². The number of nitrogens with zero attached hydrogens (tertiary/aromatic N) is 1. The highest BCUT2D eigenvalue weighted by molar-refractivity contribution is 5.97. The normalized spacial score (nSPS) is 15.8. The third-order valence-electron chi connectivity index (χ3n) is 10.7. The number of hydrogen-bond donors (Lipinski definition) is 1. The Labute approximate surface area is 310 Å². The molecular weight excluding hydrogens is 641 g/mol. The highest BCUT2D eigenvalue weighted by atomic mass is 16.6. The van der Waals surface area contributed by atoms with Crippen LogP contribution in [0.4, 0.5) is 22.7 Å². The van der Waals surface area contributed by atoms with Gasteiger partial charge < -0.3 is 19.7 Å². The molecule has 0 fully saturated rings. The van der Waals surface area contributed by atoms with E-state index in [-0.39, 0.29) is 11.4 Å². The molecule has 0 saturated heterocycles. The number of fused-ring (bicyclic) bond motifs is 6. The van der Waals surface area contributed by atoms with Gasteiger partial charge in [0.15, 0.2) is 5.60 Å². The Bertz CT molecular complexity index is 2030. The summed E-state index contributed by atoms with van der Waals surface area (Å²) in [6.45, 7) is 12.0. The number of anilines is 4. The summed E-state index contributed by atoms with van der Waals surface area (Å²) in [4.78, 5) is 16.0. The standard InChI is InChI=1S/C47H52N2O3/c1-6-7-8-9-10-11-12-18-29-49(36-25-23-34(24-26-36)46(3,4)5)37-27-28-40-44(31-37)51-43-30-33(2)42(48-35-19-14-13-15-20-35)32-41(43)47(40)39-22-17-16-21-38(39)45(50)52-47/h13-17,19-28,30-32,48H,6-12,18,29H2,1-5H3. The first-order valence-corrected chi connectivity index (χ1v) is 19.2. The number of aryl methyl sites for hydroxylation is 1. The van der Waals surface area contributed by atoms with Crippen LogP contribution in [0, 0.1) is 6.92 Å². The van der Waals surface area contributed by atoms with E-state index >= 15 is 0 Å². The zero-order valence-electron chi connectivity index (χ0n) is 31.4. The lowest BCUT2D eigenvalue weighted by atomic mass is 9.77. The van der Waals surface area contributed by atoms with Crippen LogP contribution in [-0.4, -0.2) is 12.5 Å². The second kappa shape index (κ2) is 14.9. The maximum Gasteiger partial charge on any atom is 0.340 e. The van der Waals surface area contributed by atoms with Crippen molar-refractivity contribution in [2.75, 3.05) is 16.8 Å². The highest BCUT2D eigenvalue weighted by Crippen LogP contribution is 2.57. The molecule has 1 spiro atoms. The number of carbonyl (C=O) groups excluding carboxylic acids is 1.